The molecule has 2 aliphatic rings. The number of unbranched alkanes of at least 4 members (excludes halogenated alkanes) is 1. The number of ether oxygens (including phenoxy) is 1. The number of hydrogen-bond donors (Lipinski definition) is 0. The zero-order valence-corrected chi connectivity index (χ0v) is 20.0. The fourth-order valence-electron chi connectivity index (χ4n) is 5.97. The molecule has 1 aromatic carbocycles. The summed E-state index contributed by atoms with van der Waals surface area (Å²) >= 11 is 0. The van der Waals surface area contributed by atoms with E-state index in [4.69, 9.17) is 0 Å². The molecule has 1 saturated carbocycles. The van der Waals surface area contributed by atoms with Gasteiger partial charge >= 0.3 is 6.36 Å². The van der Waals surface area contributed by atoms with Crippen LogP contribution >= 0.6 is 0 Å². The summed E-state index contributed by atoms with van der Waals surface area (Å²) in [6.07, 6.45) is 9.04. The van der Waals surface area contributed by atoms with Crippen molar-refractivity contribution >= 4 is 8.80 Å². The second-order valence-electron chi connectivity index (χ2n) is 9.91. The predicted molar refractivity (Wildman–Crippen MR) is 121 cm³/mol. The molecule has 0 amide bonds. The highest BCUT2D eigenvalue weighted by molar-refractivity contribution is 6.58. The first-order valence-corrected chi connectivity index (χ1v) is 14.8. The maximum absolute atomic E-state index is 13.8. The molecule has 6 heteroatoms. The molecule has 1 nitrogen and oxygen atoms in total. The van der Waals surface area contributed by atoms with E-state index in [0.29, 0.717) is 6.42 Å². The maximum Gasteiger partial charge on any atom is 0.573 e. The Morgan fingerprint density at radius 2 is 1.65 bits per heavy atom. The normalized spacial score (nSPS) is 27.3. The van der Waals surface area contributed by atoms with Crippen LogP contribution in [0.2, 0.25) is 18.1 Å². The highest BCUT2D eigenvalue weighted by Gasteiger charge is 2.32. The van der Waals surface area contributed by atoms with Gasteiger partial charge in [0.25, 0.3) is 0 Å². The van der Waals surface area contributed by atoms with E-state index in [0.717, 1.165) is 42.2 Å². The highest BCUT2D eigenvalue weighted by atomic mass is 28.3. The Kier molecular flexibility index (Phi) is 9.29. The first-order chi connectivity index (χ1) is 14.8. The smallest absolute Gasteiger partial charge is 0.403 e. The molecule has 0 atom stereocenters. The van der Waals surface area contributed by atoms with Crippen LogP contribution in [-0.4, -0.2) is 15.2 Å². The molecule has 0 aromatic heterocycles. The number of hydrogen-bond acceptors (Lipinski definition) is 1. The van der Waals surface area contributed by atoms with Gasteiger partial charge in [-0.15, -0.1) is 13.2 Å². The molecule has 176 valence electrons. The van der Waals surface area contributed by atoms with Crippen molar-refractivity contribution in [1.82, 2.24) is 0 Å². The summed E-state index contributed by atoms with van der Waals surface area (Å²) in [4.78, 5) is 0. The molecule has 0 unspecified atom stereocenters. The molecule has 0 spiro atoms. The molecule has 0 bridgehead atoms. The van der Waals surface area contributed by atoms with Crippen LogP contribution in [0.1, 0.15) is 76.7 Å². The van der Waals surface area contributed by atoms with Gasteiger partial charge in [0.2, 0.25) is 0 Å². The number of aryl methyl sites for hydroxylation is 1. The fourth-order valence-corrected chi connectivity index (χ4v) is 9.46. The summed E-state index contributed by atoms with van der Waals surface area (Å²) in [5.74, 6) is 1.09. The summed E-state index contributed by atoms with van der Waals surface area (Å²) in [7, 11) is -0.373. The van der Waals surface area contributed by atoms with Crippen LogP contribution in [0, 0.1) is 23.6 Å². The van der Waals surface area contributed by atoms with Crippen molar-refractivity contribution in [2.75, 3.05) is 0 Å². The average molecular weight is 459 g/mol. The number of rotatable bonds is 9. The first-order valence-electron chi connectivity index (χ1n) is 12.4. The molecular formula is C25H38F4OSi. The minimum absolute atomic E-state index is 0.373. The minimum Gasteiger partial charge on any atom is -0.403 e. The van der Waals surface area contributed by atoms with Crippen LogP contribution in [0.5, 0.6) is 5.75 Å². The van der Waals surface area contributed by atoms with Crippen LogP contribution in [0.4, 0.5) is 17.6 Å². The minimum atomic E-state index is -4.86. The van der Waals surface area contributed by atoms with E-state index in [-0.39, 0.29) is 8.80 Å². The largest absolute Gasteiger partial charge is 0.573 e. The van der Waals surface area contributed by atoms with Gasteiger partial charge in [-0.25, -0.2) is 4.39 Å². The molecule has 1 aliphatic carbocycles. The number of benzene rings is 1. The maximum atomic E-state index is 13.8. The van der Waals surface area contributed by atoms with Gasteiger partial charge in [0.1, 0.15) is 0 Å². The van der Waals surface area contributed by atoms with E-state index >= 15 is 0 Å². The van der Waals surface area contributed by atoms with E-state index in [1.165, 1.54) is 63.5 Å². The lowest BCUT2D eigenvalue weighted by Gasteiger charge is -2.37. The average Bonchev–Trinajstić information content (AvgIpc) is 2.73. The second kappa shape index (κ2) is 11.7. The Balaban J connectivity index is 1.31. The third kappa shape index (κ3) is 8.10. The third-order valence-electron chi connectivity index (χ3n) is 7.70. The molecule has 0 N–H and O–H groups in total. The van der Waals surface area contributed by atoms with Crippen molar-refractivity contribution < 1.29 is 22.3 Å². The number of halogens is 4. The van der Waals surface area contributed by atoms with Crippen LogP contribution in [0.15, 0.2) is 18.2 Å². The summed E-state index contributed by atoms with van der Waals surface area (Å²) in [6, 6.07) is 8.51. The lowest BCUT2D eigenvalue weighted by atomic mass is 9.73. The van der Waals surface area contributed by atoms with E-state index in [9.17, 15) is 17.6 Å². The third-order valence-corrected chi connectivity index (χ3v) is 11.4. The van der Waals surface area contributed by atoms with Crippen LogP contribution < -0.4 is 4.74 Å². The first kappa shape index (κ1) is 24.6. The molecule has 1 aromatic rings. The van der Waals surface area contributed by atoms with Gasteiger partial charge in [-0.2, -0.15) is 0 Å². The van der Waals surface area contributed by atoms with E-state index in [2.05, 4.69) is 11.7 Å². The van der Waals surface area contributed by atoms with Gasteiger partial charge in [0.05, 0.1) is 0 Å². The molecule has 1 aliphatic heterocycles. The Labute approximate surface area is 186 Å². The highest BCUT2D eigenvalue weighted by Crippen LogP contribution is 2.42. The molecule has 1 saturated heterocycles. The summed E-state index contributed by atoms with van der Waals surface area (Å²) in [5, 5.41) is 0. The van der Waals surface area contributed by atoms with Crippen molar-refractivity contribution in [3.05, 3.63) is 29.6 Å². The topological polar surface area (TPSA) is 9.23 Å². The molecule has 3 rings (SSSR count). The second-order valence-corrected chi connectivity index (χ2v) is 13.4. The standard InChI is InChI=1S/C25H38F4OSi/c1-2-15-31-16-13-22(14-17-31)21-10-7-19(8-11-21)5-3-4-6-20-9-12-24(23(26)18-20)30-25(27,28)29/h9,12,18-19,21-22,31H,2-8,10-11,13-17H2,1H3/t19-,21-,22?,31?. The monoisotopic (exact) mass is 458 g/mol. The van der Waals surface area contributed by atoms with Crippen molar-refractivity contribution in [3.63, 3.8) is 0 Å². The SMILES string of the molecule is CCC[SiH]1CCC([C@H]2CC[C@H](CCCCc3ccc(OC(F)(F)F)c(F)c3)CC2)CC1. The van der Waals surface area contributed by atoms with Crippen LogP contribution in [0.25, 0.3) is 0 Å². The lowest BCUT2D eigenvalue weighted by Crippen LogP contribution is -2.28. The van der Waals surface area contributed by atoms with Crippen molar-refractivity contribution in [2.24, 2.45) is 17.8 Å². The predicted octanol–water partition coefficient (Wildman–Crippen LogP) is 8.29. The van der Waals surface area contributed by atoms with Crippen LogP contribution in [0.3, 0.4) is 0 Å². The Morgan fingerprint density at radius 1 is 0.968 bits per heavy atom. The van der Waals surface area contributed by atoms with Crippen molar-refractivity contribution in [2.45, 2.75) is 102 Å². The molecule has 31 heavy (non-hydrogen) atoms. The molecule has 2 fully saturated rings. The molecule has 1 heterocycles. The summed E-state index contributed by atoms with van der Waals surface area (Å²) in [5.41, 5.74) is 0.734. The molecule has 0 radical (unpaired) electrons. The van der Waals surface area contributed by atoms with E-state index < -0.39 is 17.9 Å². The fraction of sp³-hybridized carbons (Fsp3) is 0.760. The Bertz CT molecular complexity index is 662. The zero-order chi connectivity index (χ0) is 22.3. The summed E-state index contributed by atoms with van der Waals surface area (Å²) in [6.45, 7) is 2.34. The Morgan fingerprint density at radius 3 is 2.26 bits per heavy atom. The van der Waals surface area contributed by atoms with E-state index in [1.54, 1.807) is 18.1 Å². The van der Waals surface area contributed by atoms with Crippen molar-refractivity contribution in [1.29, 1.82) is 0 Å². The van der Waals surface area contributed by atoms with Crippen LogP contribution in [-0.2, 0) is 6.42 Å². The zero-order valence-electron chi connectivity index (χ0n) is 18.9. The van der Waals surface area contributed by atoms with Gasteiger partial charge in [0, 0.05) is 8.80 Å². The Hall–Kier alpha value is -1.04. The number of alkyl halides is 3. The van der Waals surface area contributed by atoms with Gasteiger partial charge in [-0.3, -0.25) is 0 Å². The quantitative estimate of drug-likeness (QED) is 0.205. The van der Waals surface area contributed by atoms with Gasteiger partial charge in [-0.1, -0.05) is 76.1 Å². The van der Waals surface area contributed by atoms with E-state index in [1.807, 2.05) is 0 Å². The molecular weight excluding hydrogens is 420 g/mol. The van der Waals surface area contributed by atoms with Gasteiger partial charge < -0.3 is 4.74 Å². The van der Waals surface area contributed by atoms with Gasteiger partial charge in [-0.05, 0) is 61.1 Å². The van der Waals surface area contributed by atoms with Crippen molar-refractivity contribution in [3.8, 4) is 5.75 Å². The van der Waals surface area contributed by atoms with Gasteiger partial charge in [0.15, 0.2) is 11.6 Å². The lowest BCUT2D eigenvalue weighted by molar-refractivity contribution is -0.275. The summed E-state index contributed by atoms with van der Waals surface area (Å²) < 4.78 is 54.2.